The van der Waals surface area contributed by atoms with Crippen molar-refractivity contribution in [3.8, 4) is 0 Å². The van der Waals surface area contributed by atoms with Crippen LogP contribution in [-0.4, -0.2) is 11.6 Å². The Morgan fingerprint density at radius 2 is 1.23 bits per heavy atom. The lowest BCUT2D eigenvalue weighted by atomic mass is 10.0. The quantitative estimate of drug-likeness (QED) is 0.263. The molecule has 0 atom stereocenters. The molecular formula is C28H46N2O. The van der Waals surface area contributed by atoms with Crippen LogP contribution in [0.15, 0.2) is 17.1 Å². The smallest absolute Gasteiger partial charge is 0.230 e. The molecular weight excluding hydrogens is 380 g/mol. The lowest BCUT2D eigenvalue weighted by molar-refractivity contribution is -0.115. The largest absolute Gasteiger partial charge is 0.324 e. The fourth-order valence-electron chi connectivity index (χ4n) is 4.43. The molecule has 0 aliphatic carbocycles. The van der Waals surface area contributed by atoms with Gasteiger partial charge in [0.1, 0.15) is 0 Å². The fraction of sp³-hybridized carbons (Fsp3) is 0.714. The van der Waals surface area contributed by atoms with E-state index in [9.17, 15) is 4.79 Å². The summed E-state index contributed by atoms with van der Waals surface area (Å²) in [6, 6.07) is 4.14. The summed E-state index contributed by atoms with van der Waals surface area (Å²) in [4.78, 5) is 17.0. The highest BCUT2D eigenvalue weighted by Crippen LogP contribution is 2.31. The number of fused-ring (bicyclic) bond motifs is 1. The van der Waals surface area contributed by atoms with Gasteiger partial charge in [-0.15, -0.1) is 0 Å². The summed E-state index contributed by atoms with van der Waals surface area (Å²) in [5.41, 5.74) is 5.24. The number of benzene rings is 1. The van der Waals surface area contributed by atoms with Gasteiger partial charge in [-0.2, -0.15) is 0 Å². The van der Waals surface area contributed by atoms with Gasteiger partial charge >= 0.3 is 0 Å². The SMILES string of the molecule is CCCCCCCCCCCCCCCCCC1=Nc2cc(C)c(C)cc2NC(=O)C1. The van der Waals surface area contributed by atoms with Crippen LogP contribution >= 0.6 is 0 Å². The average molecular weight is 427 g/mol. The van der Waals surface area contributed by atoms with Gasteiger partial charge in [0.2, 0.25) is 5.91 Å². The molecule has 3 heteroatoms. The molecule has 0 saturated carbocycles. The van der Waals surface area contributed by atoms with Gasteiger partial charge in [-0.25, -0.2) is 0 Å². The second-order valence-corrected chi connectivity index (χ2v) is 9.56. The van der Waals surface area contributed by atoms with E-state index in [1.807, 2.05) is 6.07 Å². The lowest BCUT2D eigenvalue weighted by Crippen LogP contribution is -2.14. The molecule has 3 nitrogen and oxygen atoms in total. The summed E-state index contributed by atoms with van der Waals surface area (Å²) < 4.78 is 0. The van der Waals surface area contributed by atoms with Gasteiger partial charge in [-0.05, 0) is 49.9 Å². The number of nitrogens with one attached hydrogen (secondary N) is 1. The van der Waals surface area contributed by atoms with Gasteiger partial charge in [-0.3, -0.25) is 9.79 Å². The molecule has 0 spiro atoms. The Kier molecular flexibility index (Phi) is 12.6. The Labute approximate surface area is 191 Å². The second kappa shape index (κ2) is 15.2. The molecule has 0 unspecified atom stereocenters. The maximum Gasteiger partial charge on any atom is 0.230 e. The number of rotatable bonds is 16. The van der Waals surface area contributed by atoms with E-state index in [0.29, 0.717) is 6.42 Å². The van der Waals surface area contributed by atoms with Crippen molar-refractivity contribution in [3.05, 3.63) is 23.3 Å². The van der Waals surface area contributed by atoms with Gasteiger partial charge in [0.25, 0.3) is 0 Å². The summed E-state index contributed by atoms with van der Waals surface area (Å²) in [6.07, 6.45) is 22.0. The van der Waals surface area contributed by atoms with Gasteiger partial charge in [0.05, 0.1) is 17.8 Å². The van der Waals surface area contributed by atoms with E-state index in [-0.39, 0.29) is 5.91 Å². The molecule has 1 aromatic carbocycles. The van der Waals surface area contributed by atoms with E-state index < -0.39 is 0 Å². The number of unbranched alkanes of at least 4 members (excludes halogenated alkanes) is 14. The topological polar surface area (TPSA) is 41.5 Å². The molecule has 2 rings (SSSR count). The number of nitrogens with zero attached hydrogens (tertiary/aromatic N) is 1. The first-order valence-electron chi connectivity index (χ1n) is 13.1. The minimum Gasteiger partial charge on any atom is -0.324 e. The van der Waals surface area contributed by atoms with Crippen LogP contribution in [0.4, 0.5) is 11.4 Å². The fourth-order valence-corrected chi connectivity index (χ4v) is 4.43. The molecule has 174 valence electrons. The Balaban J connectivity index is 1.51. The van der Waals surface area contributed by atoms with Crippen molar-refractivity contribution in [3.63, 3.8) is 0 Å². The Bertz CT molecular complexity index is 692. The van der Waals surface area contributed by atoms with Crippen LogP contribution in [0.3, 0.4) is 0 Å². The molecule has 0 radical (unpaired) electrons. The second-order valence-electron chi connectivity index (χ2n) is 9.56. The molecule has 1 aliphatic heterocycles. The van der Waals surface area contributed by atoms with E-state index in [4.69, 9.17) is 4.99 Å². The third-order valence-corrected chi connectivity index (χ3v) is 6.60. The predicted molar refractivity (Wildman–Crippen MR) is 136 cm³/mol. The molecule has 0 saturated heterocycles. The van der Waals surface area contributed by atoms with Gasteiger partial charge in [-0.1, -0.05) is 96.8 Å². The predicted octanol–water partition coefficient (Wildman–Crippen LogP) is 8.98. The molecule has 1 aliphatic rings. The van der Waals surface area contributed by atoms with E-state index in [1.54, 1.807) is 0 Å². The van der Waals surface area contributed by atoms with Crippen molar-refractivity contribution in [2.75, 3.05) is 5.32 Å². The molecule has 0 fully saturated rings. The van der Waals surface area contributed by atoms with Crippen molar-refractivity contribution < 1.29 is 4.79 Å². The van der Waals surface area contributed by atoms with Gasteiger partial charge in [0.15, 0.2) is 0 Å². The number of amides is 1. The molecule has 0 bridgehead atoms. The third-order valence-electron chi connectivity index (χ3n) is 6.60. The molecule has 1 heterocycles. The first-order chi connectivity index (χ1) is 15.1. The molecule has 0 aromatic heterocycles. The molecule has 1 amide bonds. The Morgan fingerprint density at radius 3 is 1.77 bits per heavy atom. The average Bonchev–Trinajstić information content (AvgIpc) is 2.88. The van der Waals surface area contributed by atoms with Crippen LogP contribution in [0, 0.1) is 13.8 Å². The normalized spacial score (nSPS) is 13.5. The minimum absolute atomic E-state index is 0.0710. The number of hydrogen-bond donors (Lipinski definition) is 1. The van der Waals surface area contributed by atoms with Crippen LogP contribution in [-0.2, 0) is 4.79 Å². The molecule has 1 N–H and O–H groups in total. The first-order valence-corrected chi connectivity index (χ1v) is 13.1. The number of aryl methyl sites for hydroxylation is 2. The Hall–Kier alpha value is -1.64. The highest BCUT2D eigenvalue weighted by atomic mass is 16.1. The van der Waals surface area contributed by atoms with Crippen LogP contribution < -0.4 is 5.32 Å². The van der Waals surface area contributed by atoms with Crippen molar-refractivity contribution >= 4 is 23.0 Å². The van der Waals surface area contributed by atoms with Crippen molar-refractivity contribution in [2.24, 2.45) is 4.99 Å². The van der Waals surface area contributed by atoms with E-state index in [2.05, 4.69) is 32.2 Å². The van der Waals surface area contributed by atoms with Crippen LogP contribution in [0.25, 0.3) is 0 Å². The van der Waals surface area contributed by atoms with E-state index in [1.165, 1.54) is 101 Å². The van der Waals surface area contributed by atoms with E-state index in [0.717, 1.165) is 29.9 Å². The Morgan fingerprint density at radius 1 is 0.742 bits per heavy atom. The van der Waals surface area contributed by atoms with Crippen LogP contribution in [0.5, 0.6) is 0 Å². The minimum atomic E-state index is 0.0710. The van der Waals surface area contributed by atoms with Crippen LogP contribution in [0.2, 0.25) is 0 Å². The highest BCUT2D eigenvalue weighted by molar-refractivity contribution is 6.10. The van der Waals surface area contributed by atoms with E-state index >= 15 is 0 Å². The maximum atomic E-state index is 12.2. The van der Waals surface area contributed by atoms with Crippen molar-refractivity contribution in [2.45, 2.75) is 130 Å². The molecule has 1 aromatic rings. The number of carbonyl (C=O) groups excluding carboxylic acids is 1. The van der Waals surface area contributed by atoms with Gasteiger partial charge in [0, 0.05) is 5.71 Å². The van der Waals surface area contributed by atoms with Gasteiger partial charge < -0.3 is 5.32 Å². The number of aliphatic imine (C=N–C) groups is 1. The monoisotopic (exact) mass is 426 g/mol. The summed E-state index contributed by atoms with van der Waals surface area (Å²) >= 11 is 0. The number of carbonyl (C=O) groups is 1. The summed E-state index contributed by atoms with van der Waals surface area (Å²) in [6.45, 7) is 6.46. The highest BCUT2D eigenvalue weighted by Gasteiger charge is 2.16. The summed E-state index contributed by atoms with van der Waals surface area (Å²) in [5.74, 6) is 0.0710. The summed E-state index contributed by atoms with van der Waals surface area (Å²) in [7, 11) is 0. The molecule has 31 heavy (non-hydrogen) atoms. The van der Waals surface area contributed by atoms with Crippen molar-refractivity contribution in [1.29, 1.82) is 0 Å². The number of hydrogen-bond acceptors (Lipinski definition) is 2. The lowest BCUT2D eigenvalue weighted by Gasteiger charge is -2.08. The standard InChI is InChI=1S/C28H46N2O/c1-4-5-6-7-8-9-10-11-12-13-14-15-16-17-18-19-25-22-28(31)30-27-21-24(3)23(2)20-26(27)29-25/h20-21H,4-19,22H2,1-3H3,(H,30,31). The summed E-state index contributed by atoms with van der Waals surface area (Å²) in [5, 5.41) is 3.02. The zero-order valence-corrected chi connectivity index (χ0v) is 20.5. The zero-order chi connectivity index (χ0) is 22.3. The van der Waals surface area contributed by atoms with Crippen molar-refractivity contribution in [1.82, 2.24) is 0 Å². The zero-order valence-electron chi connectivity index (χ0n) is 20.5. The first kappa shape index (κ1) is 25.6. The third kappa shape index (κ3) is 10.5. The van der Waals surface area contributed by atoms with Crippen LogP contribution in [0.1, 0.15) is 127 Å². The number of anilines is 1. The maximum absolute atomic E-state index is 12.2.